The smallest absolute Gasteiger partial charge is 0.222 e. The maximum atomic E-state index is 12.8. The Labute approximate surface area is 145 Å². The van der Waals surface area contributed by atoms with Gasteiger partial charge in [-0.15, -0.1) is 0 Å². The Kier molecular flexibility index (Phi) is 6.47. The predicted octanol–water partition coefficient (Wildman–Crippen LogP) is -1.13. The Morgan fingerprint density at radius 1 is 1.20 bits per heavy atom. The Morgan fingerprint density at radius 3 is 2.40 bits per heavy atom. The quantitative estimate of drug-likeness (QED) is 0.477. The van der Waals surface area contributed by atoms with Crippen LogP contribution in [0.5, 0.6) is 0 Å². The highest BCUT2D eigenvalue weighted by Crippen LogP contribution is 2.23. The van der Waals surface area contributed by atoms with Crippen LogP contribution >= 0.6 is 0 Å². The van der Waals surface area contributed by atoms with Crippen molar-refractivity contribution in [3.05, 3.63) is 35.6 Å². The number of hydrogen-bond donors (Lipinski definition) is 4. The number of aliphatic hydroxyl groups excluding tert-OH is 2. The summed E-state index contributed by atoms with van der Waals surface area (Å²) in [6, 6.07) is 5.63. The number of benzene rings is 1. The monoisotopic (exact) mass is 376 g/mol. The summed E-state index contributed by atoms with van der Waals surface area (Å²) in [6.07, 6.45) is -3.73. The number of amides is 1. The Bertz CT molecular complexity index is 696. The summed E-state index contributed by atoms with van der Waals surface area (Å²) >= 11 is 0. The van der Waals surface area contributed by atoms with Crippen LogP contribution in [0.3, 0.4) is 0 Å². The molecule has 0 unspecified atom stereocenters. The molecule has 1 amide bonds. The van der Waals surface area contributed by atoms with Gasteiger partial charge in [-0.25, -0.2) is 17.5 Å². The minimum absolute atomic E-state index is 0.184. The molecule has 2 rings (SSSR count). The molecule has 1 aromatic carbocycles. The third kappa shape index (κ3) is 6.01. The van der Waals surface area contributed by atoms with E-state index in [1.54, 1.807) is 0 Å². The van der Waals surface area contributed by atoms with Gasteiger partial charge in [-0.3, -0.25) is 4.79 Å². The first-order valence-corrected chi connectivity index (χ1v) is 9.52. The van der Waals surface area contributed by atoms with Crippen molar-refractivity contribution >= 4 is 15.9 Å². The zero-order valence-corrected chi connectivity index (χ0v) is 14.4. The lowest BCUT2D eigenvalue weighted by Gasteiger charge is -2.14. The number of hydrogen-bond acceptors (Lipinski definition) is 6. The fourth-order valence-electron chi connectivity index (χ4n) is 2.45. The third-order valence-corrected chi connectivity index (χ3v) is 4.49. The van der Waals surface area contributed by atoms with E-state index in [1.807, 2.05) is 0 Å². The molecule has 25 heavy (non-hydrogen) atoms. The van der Waals surface area contributed by atoms with Crippen molar-refractivity contribution in [1.29, 1.82) is 0 Å². The van der Waals surface area contributed by atoms with E-state index in [9.17, 15) is 27.8 Å². The molecule has 1 saturated heterocycles. The second-order valence-electron chi connectivity index (χ2n) is 5.92. The van der Waals surface area contributed by atoms with E-state index in [-0.39, 0.29) is 25.3 Å². The van der Waals surface area contributed by atoms with Crippen LogP contribution in [-0.4, -0.2) is 61.8 Å². The maximum Gasteiger partial charge on any atom is 0.222 e. The lowest BCUT2D eigenvalue weighted by molar-refractivity contribution is -0.125. The van der Waals surface area contributed by atoms with E-state index in [2.05, 4.69) is 10.0 Å². The molecule has 0 spiro atoms. The second-order valence-corrected chi connectivity index (χ2v) is 7.76. The molecular weight excluding hydrogens is 355 g/mol. The lowest BCUT2D eigenvalue weighted by Crippen LogP contribution is -2.39. The molecule has 1 aromatic rings. The van der Waals surface area contributed by atoms with Crippen LogP contribution in [0.15, 0.2) is 24.3 Å². The Morgan fingerprint density at radius 2 is 1.80 bits per heavy atom. The highest BCUT2D eigenvalue weighted by molar-refractivity contribution is 7.88. The average molecular weight is 376 g/mol. The van der Waals surface area contributed by atoms with E-state index in [1.165, 1.54) is 24.3 Å². The van der Waals surface area contributed by atoms with Crippen molar-refractivity contribution in [3.63, 3.8) is 0 Å². The zero-order valence-electron chi connectivity index (χ0n) is 13.6. The molecule has 1 aliphatic rings. The minimum Gasteiger partial charge on any atom is -0.388 e. The molecule has 0 aliphatic carbocycles. The first-order chi connectivity index (χ1) is 11.7. The molecule has 8 nitrogen and oxygen atoms in total. The molecule has 1 aliphatic heterocycles. The van der Waals surface area contributed by atoms with Gasteiger partial charge in [0.15, 0.2) is 0 Å². The fourth-order valence-corrected chi connectivity index (χ4v) is 2.92. The average Bonchev–Trinajstić information content (AvgIpc) is 2.80. The molecule has 0 saturated carbocycles. The van der Waals surface area contributed by atoms with Gasteiger partial charge in [-0.1, -0.05) is 12.1 Å². The summed E-state index contributed by atoms with van der Waals surface area (Å²) in [5.41, 5.74) is 0.706. The molecular formula is C15H21FN2O6S. The van der Waals surface area contributed by atoms with Crippen LogP contribution in [0.25, 0.3) is 0 Å². The molecule has 140 valence electrons. The summed E-state index contributed by atoms with van der Waals surface area (Å²) < 4.78 is 42.5. The second kappa shape index (κ2) is 8.19. The molecule has 0 radical (unpaired) electrons. The highest BCUT2D eigenvalue weighted by atomic mass is 32.2. The highest BCUT2D eigenvalue weighted by Gasteiger charge is 2.43. The van der Waals surface area contributed by atoms with Crippen LogP contribution in [0.4, 0.5) is 4.39 Å². The number of ether oxygens (including phenoxy) is 1. The van der Waals surface area contributed by atoms with Crippen molar-refractivity contribution < 1.29 is 32.6 Å². The number of aliphatic hydroxyl groups is 2. The number of halogens is 1. The van der Waals surface area contributed by atoms with Gasteiger partial charge in [0.2, 0.25) is 15.9 Å². The maximum absolute atomic E-state index is 12.8. The van der Waals surface area contributed by atoms with Crippen LogP contribution < -0.4 is 10.0 Å². The van der Waals surface area contributed by atoms with E-state index in [0.717, 1.165) is 6.26 Å². The van der Waals surface area contributed by atoms with E-state index >= 15 is 0 Å². The molecule has 0 aromatic heterocycles. The van der Waals surface area contributed by atoms with Crippen LogP contribution in [0.2, 0.25) is 0 Å². The predicted molar refractivity (Wildman–Crippen MR) is 86.4 cm³/mol. The largest absolute Gasteiger partial charge is 0.388 e. The van der Waals surface area contributed by atoms with Gasteiger partial charge in [0, 0.05) is 13.1 Å². The van der Waals surface area contributed by atoms with E-state index in [0.29, 0.717) is 5.56 Å². The number of carbonyl (C=O) groups excluding carboxylic acids is 1. The van der Waals surface area contributed by atoms with Gasteiger partial charge < -0.3 is 20.3 Å². The number of carbonyl (C=O) groups is 1. The number of rotatable bonds is 7. The van der Waals surface area contributed by atoms with Gasteiger partial charge in [0.1, 0.15) is 24.1 Å². The number of sulfonamides is 1. The van der Waals surface area contributed by atoms with Gasteiger partial charge in [0.25, 0.3) is 0 Å². The summed E-state index contributed by atoms with van der Waals surface area (Å²) in [7, 11) is -3.46. The van der Waals surface area contributed by atoms with Crippen molar-refractivity contribution in [1.82, 2.24) is 10.0 Å². The first kappa shape index (κ1) is 19.7. The minimum atomic E-state index is -3.46. The Hall–Kier alpha value is -1.59. The lowest BCUT2D eigenvalue weighted by atomic mass is 10.1. The van der Waals surface area contributed by atoms with Crippen LogP contribution in [0.1, 0.15) is 12.0 Å². The summed E-state index contributed by atoms with van der Waals surface area (Å²) in [5.74, 6) is -0.794. The van der Waals surface area contributed by atoms with Crippen LogP contribution in [0, 0.1) is 5.82 Å². The van der Waals surface area contributed by atoms with Crippen LogP contribution in [-0.2, 0) is 26.1 Å². The molecule has 10 heteroatoms. The fraction of sp³-hybridized carbons (Fsp3) is 0.533. The number of nitrogens with one attached hydrogen (secondary N) is 2. The van der Waals surface area contributed by atoms with Gasteiger partial charge >= 0.3 is 0 Å². The molecule has 0 bridgehead atoms. The third-order valence-electron chi connectivity index (χ3n) is 3.80. The summed E-state index contributed by atoms with van der Waals surface area (Å²) in [5, 5.41) is 22.4. The summed E-state index contributed by atoms with van der Waals surface area (Å²) in [4.78, 5) is 11.9. The normalized spacial score (nSPS) is 26.6. The van der Waals surface area contributed by atoms with Gasteiger partial charge in [-0.2, -0.15) is 0 Å². The van der Waals surface area contributed by atoms with Gasteiger partial charge in [-0.05, 0) is 17.7 Å². The Balaban J connectivity index is 1.82. The van der Waals surface area contributed by atoms with Crippen molar-refractivity contribution in [2.75, 3.05) is 12.8 Å². The standard InChI is InChI=1S/C15H21FN2O6S/c1-25(22,23)18-8-12-15(21)14(20)11(24-12)6-13(19)17-7-9-2-4-10(16)5-3-9/h2-5,11-12,14-15,18,20-21H,6-8H2,1H3,(H,17,19)/t11-,12-,14-,15+/m0/s1. The SMILES string of the molecule is CS(=O)(=O)NC[C@@H]1O[C@@H](CC(=O)NCc2ccc(F)cc2)[C@H](O)[C@@H]1O. The zero-order chi connectivity index (χ0) is 18.6. The summed E-state index contributed by atoms with van der Waals surface area (Å²) in [6.45, 7) is -0.0195. The topological polar surface area (TPSA) is 125 Å². The van der Waals surface area contributed by atoms with Gasteiger partial charge in [0.05, 0.1) is 18.8 Å². The molecule has 1 heterocycles. The van der Waals surface area contributed by atoms with Crippen molar-refractivity contribution in [2.24, 2.45) is 0 Å². The van der Waals surface area contributed by atoms with E-state index < -0.39 is 40.3 Å². The van der Waals surface area contributed by atoms with E-state index in [4.69, 9.17) is 4.74 Å². The van der Waals surface area contributed by atoms with Crippen molar-refractivity contribution in [3.8, 4) is 0 Å². The first-order valence-electron chi connectivity index (χ1n) is 7.63. The molecule has 4 atom stereocenters. The molecule has 4 N–H and O–H groups in total. The van der Waals surface area contributed by atoms with Crippen molar-refractivity contribution in [2.45, 2.75) is 37.4 Å². The molecule has 1 fully saturated rings.